The first-order valence-corrected chi connectivity index (χ1v) is 8.43. The Balaban J connectivity index is 2.12. The lowest BCUT2D eigenvalue weighted by atomic mass is 10.1. The molecule has 25 heavy (non-hydrogen) atoms. The molecule has 0 amide bonds. The molecule has 1 aromatic carbocycles. The van der Waals surface area contributed by atoms with E-state index in [0.29, 0.717) is 17.0 Å². The van der Waals surface area contributed by atoms with Gasteiger partial charge in [0.1, 0.15) is 11.3 Å². The van der Waals surface area contributed by atoms with Gasteiger partial charge < -0.3 is 9.30 Å². The van der Waals surface area contributed by atoms with E-state index in [9.17, 15) is 4.79 Å². The van der Waals surface area contributed by atoms with Crippen molar-refractivity contribution < 1.29 is 9.53 Å². The number of hydrogen-bond acceptors (Lipinski definition) is 4. The van der Waals surface area contributed by atoms with Crippen LogP contribution in [0.5, 0.6) is 0 Å². The van der Waals surface area contributed by atoms with E-state index in [1.54, 1.807) is 12.1 Å². The SMILES string of the molecule is COC(=O)c1ccc(Cl)c(Cc2nc3c(C)cc(C)nc3n2C)c1Cl. The number of carbonyl (C=O) groups is 1. The second-order valence-corrected chi connectivity index (χ2v) is 6.68. The van der Waals surface area contributed by atoms with Gasteiger partial charge in [-0.05, 0) is 43.2 Å². The van der Waals surface area contributed by atoms with Crippen LogP contribution in [0.3, 0.4) is 0 Å². The van der Waals surface area contributed by atoms with Gasteiger partial charge in [0.05, 0.1) is 17.7 Å². The van der Waals surface area contributed by atoms with Gasteiger partial charge in [-0.1, -0.05) is 23.2 Å². The molecule has 130 valence electrons. The van der Waals surface area contributed by atoms with Crippen LogP contribution in [0.15, 0.2) is 18.2 Å². The Hall–Kier alpha value is -2.11. The van der Waals surface area contributed by atoms with Crippen molar-refractivity contribution in [3.8, 4) is 0 Å². The van der Waals surface area contributed by atoms with Crippen LogP contribution in [0.2, 0.25) is 10.0 Å². The lowest BCUT2D eigenvalue weighted by Crippen LogP contribution is -2.06. The molecule has 0 fully saturated rings. The van der Waals surface area contributed by atoms with Gasteiger partial charge in [-0.25, -0.2) is 14.8 Å². The fourth-order valence-corrected chi connectivity index (χ4v) is 3.43. The average molecular weight is 378 g/mol. The molecule has 3 rings (SSSR count). The molecule has 7 heteroatoms. The van der Waals surface area contributed by atoms with E-state index < -0.39 is 5.97 Å². The van der Waals surface area contributed by atoms with Crippen LogP contribution < -0.4 is 0 Å². The van der Waals surface area contributed by atoms with Crippen molar-refractivity contribution in [3.05, 3.63) is 56.5 Å². The molecule has 0 saturated heterocycles. The minimum atomic E-state index is -0.499. The number of aryl methyl sites for hydroxylation is 3. The number of imidazole rings is 1. The number of hydrogen-bond donors (Lipinski definition) is 0. The standard InChI is InChI=1S/C18H17Cl2N3O2/c1-9-7-10(2)21-17-16(9)22-14(23(17)3)8-12-13(19)6-5-11(15(12)20)18(24)25-4/h5-7H,8H2,1-4H3. The van der Waals surface area contributed by atoms with E-state index in [2.05, 4.69) is 4.98 Å². The summed E-state index contributed by atoms with van der Waals surface area (Å²) in [5.74, 6) is 0.267. The molecule has 5 nitrogen and oxygen atoms in total. The molecule has 0 spiro atoms. The smallest absolute Gasteiger partial charge is 0.339 e. The molecule has 0 unspecified atom stereocenters. The highest BCUT2D eigenvalue weighted by Gasteiger charge is 2.20. The molecule has 2 heterocycles. The lowest BCUT2D eigenvalue weighted by molar-refractivity contribution is 0.0601. The Morgan fingerprint density at radius 1 is 1.24 bits per heavy atom. The number of nitrogens with zero attached hydrogens (tertiary/aromatic N) is 3. The van der Waals surface area contributed by atoms with E-state index in [-0.39, 0.29) is 10.6 Å². The Morgan fingerprint density at radius 3 is 2.64 bits per heavy atom. The third kappa shape index (κ3) is 3.10. The number of fused-ring (bicyclic) bond motifs is 1. The monoisotopic (exact) mass is 377 g/mol. The number of aromatic nitrogens is 3. The number of ether oxygens (including phenoxy) is 1. The molecule has 2 aromatic heterocycles. The van der Waals surface area contributed by atoms with Gasteiger partial charge in [-0.3, -0.25) is 0 Å². The van der Waals surface area contributed by atoms with Gasteiger partial charge in [0.15, 0.2) is 5.65 Å². The van der Waals surface area contributed by atoms with Crippen molar-refractivity contribution in [2.24, 2.45) is 7.05 Å². The molecule has 0 aliphatic heterocycles. The fourth-order valence-electron chi connectivity index (χ4n) is 2.85. The molecular formula is C18H17Cl2N3O2. The van der Waals surface area contributed by atoms with Gasteiger partial charge >= 0.3 is 5.97 Å². The van der Waals surface area contributed by atoms with Gasteiger partial charge in [-0.15, -0.1) is 0 Å². The summed E-state index contributed by atoms with van der Waals surface area (Å²) >= 11 is 12.7. The predicted molar refractivity (Wildman–Crippen MR) is 98.6 cm³/mol. The van der Waals surface area contributed by atoms with Crippen molar-refractivity contribution in [2.45, 2.75) is 20.3 Å². The van der Waals surface area contributed by atoms with Crippen LogP contribution in [0.4, 0.5) is 0 Å². The van der Waals surface area contributed by atoms with Crippen LogP contribution in [-0.2, 0) is 18.2 Å². The molecule has 0 aliphatic rings. The van der Waals surface area contributed by atoms with Gasteiger partial charge in [0, 0.05) is 24.2 Å². The fraction of sp³-hybridized carbons (Fsp3) is 0.278. The predicted octanol–water partition coefficient (Wildman–Crippen LogP) is 4.27. The Kier molecular flexibility index (Phi) is 4.71. The summed E-state index contributed by atoms with van der Waals surface area (Å²) < 4.78 is 6.69. The average Bonchev–Trinajstić information content (AvgIpc) is 2.88. The highest BCUT2D eigenvalue weighted by atomic mass is 35.5. The van der Waals surface area contributed by atoms with E-state index in [0.717, 1.165) is 28.2 Å². The zero-order valence-electron chi connectivity index (χ0n) is 14.4. The number of methoxy groups -OCH3 is 1. The maximum atomic E-state index is 11.9. The van der Waals surface area contributed by atoms with Gasteiger partial charge in [-0.2, -0.15) is 0 Å². The van der Waals surface area contributed by atoms with Crippen molar-refractivity contribution in [1.29, 1.82) is 0 Å². The Labute approximate surface area is 155 Å². The Morgan fingerprint density at radius 2 is 1.96 bits per heavy atom. The van der Waals surface area contributed by atoms with E-state index >= 15 is 0 Å². The molecule has 0 bridgehead atoms. The number of benzene rings is 1. The second-order valence-electron chi connectivity index (χ2n) is 5.90. The number of carbonyl (C=O) groups excluding carboxylic acids is 1. The summed E-state index contributed by atoms with van der Waals surface area (Å²) in [6.07, 6.45) is 0.383. The molecular weight excluding hydrogens is 361 g/mol. The molecule has 0 radical (unpaired) electrons. The highest BCUT2D eigenvalue weighted by Crippen LogP contribution is 2.31. The molecule has 0 aliphatic carbocycles. The zero-order valence-corrected chi connectivity index (χ0v) is 15.9. The number of halogens is 2. The molecule has 3 aromatic rings. The van der Waals surface area contributed by atoms with Crippen LogP contribution >= 0.6 is 23.2 Å². The summed E-state index contributed by atoms with van der Waals surface area (Å²) in [5, 5.41) is 0.762. The van der Waals surface area contributed by atoms with Crippen LogP contribution in [0.25, 0.3) is 11.2 Å². The molecule has 0 N–H and O–H groups in total. The van der Waals surface area contributed by atoms with Gasteiger partial charge in [0.2, 0.25) is 0 Å². The first-order chi connectivity index (χ1) is 11.8. The number of rotatable bonds is 3. The first-order valence-electron chi connectivity index (χ1n) is 7.68. The lowest BCUT2D eigenvalue weighted by Gasteiger charge is -2.10. The minimum absolute atomic E-state index is 0.285. The minimum Gasteiger partial charge on any atom is -0.465 e. The molecule has 0 saturated carbocycles. The van der Waals surface area contributed by atoms with Crippen LogP contribution in [0.1, 0.15) is 33.0 Å². The van der Waals surface area contributed by atoms with E-state index in [1.165, 1.54) is 7.11 Å². The number of pyridine rings is 1. The maximum Gasteiger partial charge on any atom is 0.339 e. The second kappa shape index (κ2) is 6.65. The zero-order chi connectivity index (χ0) is 18.3. The molecule has 0 atom stereocenters. The van der Waals surface area contributed by atoms with Crippen molar-refractivity contribution in [3.63, 3.8) is 0 Å². The van der Waals surface area contributed by atoms with E-state index in [1.807, 2.05) is 31.5 Å². The van der Waals surface area contributed by atoms with E-state index in [4.69, 9.17) is 32.9 Å². The number of esters is 1. The third-order valence-electron chi connectivity index (χ3n) is 4.16. The van der Waals surface area contributed by atoms with Crippen LogP contribution in [-0.4, -0.2) is 27.6 Å². The first kappa shape index (κ1) is 17.7. The quantitative estimate of drug-likeness (QED) is 0.639. The van der Waals surface area contributed by atoms with Crippen molar-refractivity contribution in [1.82, 2.24) is 14.5 Å². The van der Waals surface area contributed by atoms with Crippen molar-refractivity contribution in [2.75, 3.05) is 7.11 Å². The Bertz CT molecular complexity index is 996. The van der Waals surface area contributed by atoms with Crippen LogP contribution in [0, 0.1) is 13.8 Å². The summed E-state index contributed by atoms with van der Waals surface area (Å²) in [6.45, 7) is 3.96. The van der Waals surface area contributed by atoms with Gasteiger partial charge in [0.25, 0.3) is 0 Å². The summed E-state index contributed by atoms with van der Waals surface area (Å²) in [6, 6.07) is 5.20. The van der Waals surface area contributed by atoms with Crippen molar-refractivity contribution >= 4 is 40.3 Å². The highest BCUT2D eigenvalue weighted by molar-refractivity contribution is 6.38. The normalized spacial score (nSPS) is 11.1. The largest absolute Gasteiger partial charge is 0.465 e. The summed E-state index contributed by atoms with van der Waals surface area (Å²) in [5.41, 5.74) is 4.57. The maximum absolute atomic E-state index is 11.9. The third-order valence-corrected chi connectivity index (χ3v) is 4.95. The topological polar surface area (TPSA) is 57.0 Å². The summed E-state index contributed by atoms with van der Waals surface area (Å²) in [4.78, 5) is 21.1. The summed E-state index contributed by atoms with van der Waals surface area (Å²) in [7, 11) is 3.22.